The zero-order valence-corrected chi connectivity index (χ0v) is 17.1. The van der Waals surface area contributed by atoms with Gasteiger partial charge in [0, 0.05) is 30.3 Å². The van der Waals surface area contributed by atoms with E-state index in [0.717, 1.165) is 35.8 Å². The molecule has 1 aliphatic heterocycles. The maximum Gasteiger partial charge on any atom is 0.224 e. The SMILES string of the molecule is COc1ccc([C@H]2SCCN2C(=O)C[C@H](C)CC(C)(C)C)c(OC)c1. The van der Waals surface area contributed by atoms with E-state index >= 15 is 0 Å². The molecule has 140 valence electrons. The van der Waals surface area contributed by atoms with E-state index in [4.69, 9.17) is 9.47 Å². The predicted molar refractivity (Wildman–Crippen MR) is 104 cm³/mol. The lowest BCUT2D eigenvalue weighted by Gasteiger charge is -2.28. The Bertz CT molecular complexity index is 597. The fourth-order valence-electron chi connectivity index (χ4n) is 3.54. The second-order valence-corrected chi connectivity index (χ2v) is 9.18. The molecule has 2 atom stereocenters. The summed E-state index contributed by atoms with van der Waals surface area (Å²) >= 11 is 1.80. The summed E-state index contributed by atoms with van der Waals surface area (Å²) in [6.07, 6.45) is 1.66. The molecule has 25 heavy (non-hydrogen) atoms. The van der Waals surface area contributed by atoms with Gasteiger partial charge in [0.05, 0.1) is 14.2 Å². The summed E-state index contributed by atoms with van der Waals surface area (Å²) in [5.74, 6) is 3.12. The fourth-order valence-corrected chi connectivity index (χ4v) is 4.84. The van der Waals surface area contributed by atoms with Crippen LogP contribution in [-0.4, -0.2) is 37.3 Å². The van der Waals surface area contributed by atoms with Crippen LogP contribution in [0.5, 0.6) is 11.5 Å². The molecule has 0 N–H and O–H groups in total. The van der Waals surface area contributed by atoms with Crippen molar-refractivity contribution in [2.24, 2.45) is 11.3 Å². The molecular formula is C20H31NO3S. The third-order valence-corrected chi connectivity index (χ3v) is 5.64. The second-order valence-electron chi connectivity index (χ2n) is 7.99. The van der Waals surface area contributed by atoms with Crippen LogP contribution in [0.15, 0.2) is 18.2 Å². The zero-order chi connectivity index (χ0) is 18.6. The van der Waals surface area contributed by atoms with Gasteiger partial charge in [0.15, 0.2) is 0 Å². The Hall–Kier alpha value is -1.36. The Morgan fingerprint density at radius 3 is 2.64 bits per heavy atom. The number of ether oxygens (including phenoxy) is 2. The lowest BCUT2D eigenvalue weighted by Crippen LogP contribution is -2.32. The molecule has 0 saturated carbocycles. The number of carbonyl (C=O) groups is 1. The van der Waals surface area contributed by atoms with Gasteiger partial charge in [0.2, 0.25) is 5.91 Å². The highest BCUT2D eigenvalue weighted by Gasteiger charge is 2.33. The molecule has 1 heterocycles. The standard InChI is InChI=1S/C20H31NO3S/c1-14(13-20(2,3)4)11-18(22)21-9-10-25-19(21)16-8-7-15(23-5)12-17(16)24-6/h7-8,12,14,19H,9-11,13H2,1-6H3/t14-,19+/m0/s1. The third kappa shape index (κ3) is 5.30. The van der Waals surface area contributed by atoms with Crippen molar-refractivity contribution in [1.29, 1.82) is 0 Å². The van der Waals surface area contributed by atoms with Gasteiger partial charge in [-0.25, -0.2) is 0 Å². The van der Waals surface area contributed by atoms with E-state index in [1.165, 1.54) is 0 Å². The van der Waals surface area contributed by atoms with E-state index in [1.807, 2.05) is 23.1 Å². The van der Waals surface area contributed by atoms with Crippen LogP contribution in [0, 0.1) is 11.3 Å². The second kappa shape index (κ2) is 8.35. The molecule has 1 saturated heterocycles. The summed E-state index contributed by atoms with van der Waals surface area (Å²) in [6, 6.07) is 5.83. The quantitative estimate of drug-likeness (QED) is 0.730. The number of nitrogens with zero attached hydrogens (tertiary/aromatic N) is 1. The van der Waals surface area contributed by atoms with Crippen LogP contribution in [0.1, 0.15) is 51.5 Å². The van der Waals surface area contributed by atoms with Gasteiger partial charge in [-0.05, 0) is 29.9 Å². The Labute approximate surface area is 156 Å². The van der Waals surface area contributed by atoms with Gasteiger partial charge < -0.3 is 14.4 Å². The largest absolute Gasteiger partial charge is 0.497 e. The summed E-state index contributed by atoms with van der Waals surface area (Å²) in [5, 5.41) is 0.0233. The van der Waals surface area contributed by atoms with Gasteiger partial charge in [0.25, 0.3) is 0 Å². The first-order valence-electron chi connectivity index (χ1n) is 8.88. The molecule has 0 aliphatic carbocycles. The minimum atomic E-state index is 0.0233. The number of amides is 1. The van der Waals surface area contributed by atoms with Crippen LogP contribution in [0.2, 0.25) is 0 Å². The van der Waals surface area contributed by atoms with E-state index < -0.39 is 0 Å². The molecule has 0 bridgehead atoms. The minimum absolute atomic E-state index is 0.0233. The zero-order valence-electron chi connectivity index (χ0n) is 16.3. The van der Waals surface area contributed by atoms with Crippen LogP contribution >= 0.6 is 11.8 Å². The first kappa shape index (κ1) is 20.0. The van der Waals surface area contributed by atoms with Crippen LogP contribution in [0.25, 0.3) is 0 Å². The molecule has 1 aromatic carbocycles. The number of rotatable bonds is 6. The minimum Gasteiger partial charge on any atom is -0.497 e. The van der Waals surface area contributed by atoms with Crippen molar-refractivity contribution >= 4 is 17.7 Å². The average molecular weight is 366 g/mol. The topological polar surface area (TPSA) is 38.8 Å². The molecule has 2 rings (SSSR count). The number of carbonyl (C=O) groups excluding carboxylic acids is 1. The highest BCUT2D eigenvalue weighted by Crippen LogP contribution is 2.43. The molecule has 1 aliphatic rings. The van der Waals surface area contributed by atoms with Crippen molar-refractivity contribution in [3.63, 3.8) is 0 Å². The Kier molecular flexibility index (Phi) is 6.66. The number of hydrogen-bond acceptors (Lipinski definition) is 4. The molecule has 0 unspecified atom stereocenters. The van der Waals surface area contributed by atoms with Crippen LogP contribution in [-0.2, 0) is 4.79 Å². The van der Waals surface area contributed by atoms with Crippen molar-refractivity contribution in [2.75, 3.05) is 26.5 Å². The van der Waals surface area contributed by atoms with Crippen molar-refractivity contribution in [1.82, 2.24) is 4.90 Å². The number of hydrogen-bond donors (Lipinski definition) is 0. The van der Waals surface area contributed by atoms with Crippen LogP contribution < -0.4 is 9.47 Å². The first-order valence-corrected chi connectivity index (χ1v) is 9.93. The normalized spacial score (nSPS) is 19.0. The molecule has 1 fully saturated rings. The molecular weight excluding hydrogens is 334 g/mol. The lowest BCUT2D eigenvalue weighted by atomic mass is 9.84. The van der Waals surface area contributed by atoms with E-state index in [9.17, 15) is 4.79 Å². The summed E-state index contributed by atoms with van der Waals surface area (Å²) < 4.78 is 10.8. The van der Waals surface area contributed by atoms with Gasteiger partial charge in [0.1, 0.15) is 16.9 Å². The summed E-state index contributed by atoms with van der Waals surface area (Å²) in [5.41, 5.74) is 1.29. The molecule has 5 heteroatoms. The van der Waals surface area contributed by atoms with E-state index in [2.05, 4.69) is 27.7 Å². The van der Waals surface area contributed by atoms with E-state index in [0.29, 0.717) is 12.3 Å². The molecule has 4 nitrogen and oxygen atoms in total. The van der Waals surface area contributed by atoms with Gasteiger partial charge in [-0.2, -0.15) is 0 Å². The monoisotopic (exact) mass is 365 g/mol. The lowest BCUT2D eigenvalue weighted by molar-refractivity contribution is -0.132. The van der Waals surface area contributed by atoms with Crippen molar-refractivity contribution < 1.29 is 14.3 Å². The highest BCUT2D eigenvalue weighted by atomic mass is 32.2. The molecule has 1 aromatic rings. The fraction of sp³-hybridized carbons (Fsp3) is 0.650. The third-order valence-electron chi connectivity index (χ3n) is 4.40. The Morgan fingerprint density at radius 1 is 1.32 bits per heavy atom. The van der Waals surface area contributed by atoms with Gasteiger partial charge in [-0.15, -0.1) is 11.8 Å². The maximum atomic E-state index is 12.9. The Morgan fingerprint density at radius 2 is 2.04 bits per heavy atom. The number of thioether (sulfide) groups is 1. The van der Waals surface area contributed by atoms with Gasteiger partial charge in [-0.1, -0.05) is 27.7 Å². The van der Waals surface area contributed by atoms with Crippen LogP contribution in [0.4, 0.5) is 0 Å². The van der Waals surface area contributed by atoms with Crippen molar-refractivity contribution in [3.8, 4) is 11.5 Å². The smallest absolute Gasteiger partial charge is 0.224 e. The summed E-state index contributed by atoms with van der Waals surface area (Å²) in [4.78, 5) is 14.9. The average Bonchev–Trinajstić information content (AvgIpc) is 3.01. The first-order chi connectivity index (χ1) is 11.7. The Balaban J connectivity index is 2.13. The number of benzene rings is 1. The molecule has 0 radical (unpaired) electrons. The molecule has 0 spiro atoms. The van der Waals surface area contributed by atoms with Gasteiger partial charge >= 0.3 is 0 Å². The van der Waals surface area contributed by atoms with Crippen LogP contribution in [0.3, 0.4) is 0 Å². The van der Waals surface area contributed by atoms with E-state index in [1.54, 1.807) is 26.0 Å². The maximum absolute atomic E-state index is 12.9. The van der Waals surface area contributed by atoms with Crippen molar-refractivity contribution in [2.45, 2.75) is 45.9 Å². The summed E-state index contributed by atoms with van der Waals surface area (Å²) in [6.45, 7) is 9.65. The van der Waals surface area contributed by atoms with E-state index in [-0.39, 0.29) is 16.7 Å². The highest BCUT2D eigenvalue weighted by molar-refractivity contribution is 7.99. The number of methoxy groups -OCH3 is 2. The molecule has 0 aromatic heterocycles. The van der Waals surface area contributed by atoms with Gasteiger partial charge in [-0.3, -0.25) is 4.79 Å². The molecule has 1 amide bonds. The summed E-state index contributed by atoms with van der Waals surface area (Å²) in [7, 11) is 3.31. The van der Waals surface area contributed by atoms with Crippen molar-refractivity contribution in [3.05, 3.63) is 23.8 Å². The predicted octanol–water partition coefficient (Wildman–Crippen LogP) is 4.74.